The highest BCUT2D eigenvalue weighted by molar-refractivity contribution is 6.33. The second kappa shape index (κ2) is 11.6. The van der Waals surface area contributed by atoms with Gasteiger partial charge in [0.2, 0.25) is 0 Å². The van der Waals surface area contributed by atoms with Crippen LogP contribution in [-0.4, -0.2) is 43.2 Å². The van der Waals surface area contributed by atoms with E-state index in [0.717, 1.165) is 5.69 Å². The summed E-state index contributed by atoms with van der Waals surface area (Å²) in [5.74, 6) is -0.778. The number of halogens is 1. The van der Waals surface area contributed by atoms with Gasteiger partial charge in [-0.25, -0.2) is 0 Å². The molecule has 0 heterocycles. The lowest BCUT2D eigenvalue weighted by Gasteiger charge is -2.24. The standard InChI is InChI=1S/C20H21ClN4O6/c1-14(26)30-11-9-24(10-12-31-15(2)27)18-7-8-20(19(21)13-18)23-22-16-3-5-17(6-4-16)25(28)29/h3-8,13H,9-12H2,1-2H3. The number of rotatable bonds is 10. The van der Waals surface area contributed by atoms with Crippen molar-refractivity contribution in [3.8, 4) is 0 Å². The van der Waals surface area contributed by atoms with Crippen LogP contribution in [0.25, 0.3) is 0 Å². The van der Waals surface area contributed by atoms with Crippen LogP contribution in [0, 0.1) is 10.1 Å². The Bertz CT molecular complexity index is 945. The van der Waals surface area contributed by atoms with Gasteiger partial charge in [-0.3, -0.25) is 19.7 Å². The maximum absolute atomic E-state index is 11.0. The molecule has 0 N–H and O–H groups in total. The number of anilines is 1. The van der Waals surface area contributed by atoms with E-state index in [0.29, 0.717) is 29.5 Å². The summed E-state index contributed by atoms with van der Waals surface area (Å²) in [5.41, 5.74) is 1.53. The van der Waals surface area contributed by atoms with Crippen molar-refractivity contribution in [1.82, 2.24) is 0 Å². The number of carbonyl (C=O) groups is 2. The summed E-state index contributed by atoms with van der Waals surface area (Å²) in [6, 6.07) is 10.7. The Balaban J connectivity index is 2.12. The minimum absolute atomic E-state index is 0.0380. The van der Waals surface area contributed by atoms with Gasteiger partial charge in [-0.2, -0.15) is 5.11 Å². The first-order chi connectivity index (χ1) is 14.8. The summed E-state index contributed by atoms with van der Waals surface area (Å²) >= 11 is 6.34. The first-order valence-corrected chi connectivity index (χ1v) is 9.61. The molecule has 0 saturated heterocycles. The number of esters is 2. The highest BCUT2D eigenvalue weighted by Gasteiger charge is 2.11. The van der Waals surface area contributed by atoms with Gasteiger partial charge in [0, 0.05) is 31.7 Å². The zero-order valence-corrected chi connectivity index (χ0v) is 17.7. The molecule has 0 saturated carbocycles. The SMILES string of the molecule is CC(=O)OCCN(CCOC(C)=O)c1ccc(N=Nc2ccc([N+](=O)[O-])cc2)c(Cl)c1. The van der Waals surface area contributed by atoms with E-state index >= 15 is 0 Å². The van der Waals surface area contributed by atoms with Gasteiger partial charge in [0.05, 0.1) is 28.7 Å². The van der Waals surface area contributed by atoms with Crippen LogP contribution in [-0.2, 0) is 19.1 Å². The fraction of sp³-hybridized carbons (Fsp3) is 0.300. The van der Waals surface area contributed by atoms with Crippen molar-refractivity contribution < 1.29 is 24.0 Å². The molecule has 2 rings (SSSR count). The van der Waals surface area contributed by atoms with Gasteiger partial charge in [-0.15, -0.1) is 5.11 Å². The monoisotopic (exact) mass is 448 g/mol. The fourth-order valence-corrected chi connectivity index (χ4v) is 2.71. The predicted octanol–water partition coefficient (Wildman–Crippen LogP) is 4.60. The number of hydrogen-bond donors (Lipinski definition) is 0. The molecule has 0 aliphatic heterocycles. The zero-order valence-electron chi connectivity index (χ0n) is 17.0. The second-order valence-corrected chi connectivity index (χ2v) is 6.68. The van der Waals surface area contributed by atoms with E-state index < -0.39 is 4.92 Å². The molecule has 11 heteroatoms. The Morgan fingerprint density at radius 3 is 2.06 bits per heavy atom. The Kier molecular flexibility index (Phi) is 8.89. The summed E-state index contributed by atoms with van der Waals surface area (Å²) in [5, 5.41) is 19.2. The largest absolute Gasteiger partial charge is 0.464 e. The van der Waals surface area contributed by atoms with Crippen LogP contribution in [0.1, 0.15) is 13.8 Å². The second-order valence-electron chi connectivity index (χ2n) is 6.28. The summed E-state index contributed by atoms with van der Waals surface area (Å²) < 4.78 is 9.98. The van der Waals surface area contributed by atoms with Crippen LogP contribution in [0.3, 0.4) is 0 Å². The summed E-state index contributed by atoms with van der Waals surface area (Å²) in [4.78, 5) is 34.1. The highest BCUT2D eigenvalue weighted by atomic mass is 35.5. The lowest BCUT2D eigenvalue weighted by atomic mass is 10.2. The predicted molar refractivity (Wildman–Crippen MR) is 114 cm³/mol. The summed E-state index contributed by atoms with van der Waals surface area (Å²) in [6.07, 6.45) is 0. The van der Waals surface area contributed by atoms with E-state index in [2.05, 4.69) is 10.2 Å². The molecule has 0 spiro atoms. The van der Waals surface area contributed by atoms with Crippen LogP contribution < -0.4 is 4.90 Å². The number of ether oxygens (including phenoxy) is 2. The topological polar surface area (TPSA) is 124 Å². The lowest BCUT2D eigenvalue weighted by molar-refractivity contribution is -0.384. The number of azo groups is 1. The van der Waals surface area contributed by atoms with Gasteiger partial charge in [0.15, 0.2) is 0 Å². The average molecular weight is 449 g/mol. The van der Waals surface area contributed by atoms with Gasteiger partial charge in [0.25, 0.3) is 5.69 Å². The molecular formula is C20H21ClN4O6. The molecule has 0 aliphatic carbocycles. The minimum atomic E-state index is -0.495. The van der Waals surface area contributed by atoms with Crippen molar-refractivity contribution >= 4 is 46.3 Å². The van der Waals surface area contributed by atoms with Gasteiger partial charge in [-0.1, -0.05) is 11.6 Å². The number of hydrogen-bond acceptors (Lipinski definition) is 9. The van der Waals surface area contributed by atoms with Crippen molar-refractivity contribution in [3.63, 3.8) is 0 Å². The first kappa shape index (κ1) is 23.7. The van der Waals surface area contributed by atoms with Crippen LogP contribution in [0.2, 0.25) is 5.02 Å². The number of nitrogens with zero attached hydrogens (tertiary/aromatic N) is 4. The van der Waals surface area contributed by atoms with Crippen LogP contribution in [0.4, 0.5) is 22.7 Å². The Morgan fingerprint density at radius 2 is 1.58 bits per heavy atom. The molecular weight excluding hydrogens is 428 g/mol. The molecule has 0 aromatic heterocycles. The average Bonchev–Trinajstić information content (AvgIpc) is 2.71. The van der Waals surface area contributed by atoms with E-state index in [1.165, 1.54) is 38.1 Å². The normalized spacial score (nSPS) is 10.7. The van der Waals surface area contributed by atoms with E-state index in [4.69, 9.17) is 21.1 Å². The number of non-ortho nitro benzene ring substituents is 1. The number of nitro groups is 1. The third-order valence-electron chi connectivity index (χ3n) is 3.96. The molecule has 31 heavy (non-hydrogen) atoms. The molecule has 0 aliphatic rings. The Hall–Kier alpha value is -3.53. The van der Waals surface area contributed by atoms with Crippen LogP contribution in [0.15, 0.2) is 52.7 Å². The van der Waals surface area contributed by atoms with E-state index in [9.17, 15) is 19.7 Å². The van der Waals surface area contributed by atoms with Crippen LogP contribution in [0.5, 0.6) is 0 Å². The van der Waals surface area contributed by atoms with E-state index in [-0.39, 0.29) is 30.8 Å². The van der Waals surface area contributed by atoms with Crippen molar-refractivity contribution in [2.45, 2.75) is 13.8 Å². The number of benzene rings is 2. The molecule has 10 nitrogen and oxygen atoms in total. The number of carbonyl (C=O) groups excluding carboxylic acids is 2. The van der Waals surface area contributed by atoms with Gasteiger partial charge in [0.1, 0.15) is 18.9 Å². The van der Waals surface area contributed by atoms with Crippen LogP contribution >= 0.6 is 11.6 Å². The minimum Gasteiger partial charge on any atom is -0.464 e. The highest BCUT2D eigenvalue weighted by Crippen LogP contribution is 2.31. The zero-order chi connectivity index (χ0) is 22.8. The van der Waals surface area contributed by atoms with Crippen molar-refractivity contribution in [2.24, 2.45) is 10.2 Å². The van der Waals surface area contributed by atoms with Crippen molar-refractivity contribution in [1.29, 1.82) is 0 Å². The lowest BCUT2D eigenvalue weighted by Crippen LogP contribution is -2.31. The number of nitro benzene ring substituents is 1. The molecule has 0 amide bonds. The molecule has 0 fully saturated rings. The molecule has 164 valence electrons. The third kappa shape index (κ3) is 8.01. The van der Waals surface area contributed by atoms with Gasteiger partial charge < -0.3 is 14.4 Å². The Morgan fingerprint density at radius 1 is 1.00 bits per heavy atom. The Labute approximate surface area is 183 Å². The molecule has 0 unspecified atom stereocenters. The van der Waals surface area contributed by atoms with E-state index in [1.54, 1.807) is 18.2 Å². The van der Waals surface area contributed by atoms with Crippen molar-refractivity contribution in [3.05, 3.63) is 57.6 Å². The summed E-state index contributed by atoms with van der Waals surface area (Å²) in [7, 11) is 0. The van der Waals surface area contributed by atoms with E-state index in [1.807, 2.05) is 4.90 Å². The van der Waals surface area contributed by atoms with Crippen molar-refractivity contribution in [2.75, 3.05) is 31.2 Å². The molecule has 0 radical (unpaired) electrons. The summed E-state index contributed by atoms with van der Waals surface area (Å²) in [6.45, 7) is 3.72. The first-order valence-electron chi connectivity index (χ1n) is 9.23. The van der Waals surface area contributed by atoms with Gasteiger partial charge >= 0.3 is 11.9 Å². The molecule has 2 aromatic rings. The maximum atomic E-state index is 11.0. The smallest absolute Gasteiger partial charge is 0.302 e. The third-order valence-corrected chi connectivity index (χ3v) is 4.27. The quantitative estimate of drug-likeness (QED) is 0.225. The van der Waals surface area contributed by atoms with Gasteiger partial charge in [-0.05, 0) is 30.3 Å². The maximum Gasteiger partial charge on any atom is 0.302 e. The molecule has 0 atom stereocenters. The molecule has 0 bridgehead atoms. The fourth-order valence-electron chi connectivity index (χ4n) is 2.50. The molecule has 2 aromatic carbocycles.